The summed E-state index contributed by atoms with van der Waals surface area (Å²) in [5.74, 6) is -0.174. The third-order valence-corrected chi connectivity index (χ3v) is 6.10. The highest BCUT2D eigenvalue weighted by Crippen LogP contribution is 2.27. The van der Waals surface area contributed by atoms with Gasteiger partial charge in [0, 0.05) is 26.2 Å². The highest BCUT2D eigenvalue weighted by Gasteiger charge is 2.31. The number of piperazine rings is 1. The van der Waals surface area contributed by atoms with Crippen molar-refractivity contribution < 1.29 is 13.2 Å². The lowest BCUT2D eigenvalue weighted by atomic mass is 10.2. The third kappa shape index (κ3) is 3.55. The quantitative estimate of drug-likeness (QED) is 0.871. The topological polar surface area (TPSA) is 83.7 Å². The predicted molar refractivity (Wildman–Crippen MR) is 85.5 cm³/mol. The molecule has 2 N–H and O–H groups in total. The van der Waals surface area contributed by atoms with Crippen LogP contribution in [0.2, 0.25) is 10.0 Å². The number of nitrogens with two attached hydrogens (primary N) is 1. The van der Waals surface area contributed by atoms with Crippen molar-refractivity contribution >= 4 is 39.1 Å². The van der Waals surface area contributed by atoms with Gasteiger partial charge in [-0.05, 0) is 25.1 Å². The Morgan fingerprint density at radius 3 is 2.27 bits per heavy atom. The van der Waals surface area contributed by atoms with Gasteiger partial charge in [-0.2, -0.15) is 4.31 Å². The maximum absolute atomic E-state index is 12.6. The molecule has 0 aromatic heterocycles. The fraction of sp³-hybridized carbons (Fsp3) is 0.462. The van der Waals surface area contributed by atoms with Crippen LogP contribution in [0.3, 0.4) is 0 Å². The smallest absolute Gasteiger partial charge is 0.243 e. The molecule has 1 aromatic carbocycles. The molecule has 0 aliphatic carbocycles. The number of amides is 1. The van der Waals surface area contributed by atoms with Crippen molar-refractivity contribution in [2.45, 2.75) is 17.9 Å². The van der Waals surface area contributed by atoms with Crippen LogP contribution in [-0.4, -0.2) is 55.8 Å². The number of hydrogen-bond donors (Lipinski definition) is 1. The largest absolute Gasteiger partial charge is 0.339 e. The number of rotatable bonds is 3. The summed E-state index contributed by atoms with van der Waals surface area (Å²) in [7, 11) is -3.65. The summed E-state index contributed by atoms with van der Waals surface area (Å²) in [6, 6.07) is 3.62. The minimum absolute atomic E-state index is 0.0915. The molecule has 0 radical (unpaired) electrons. The van der Waals surface area contributed by atoms with E-state index in [1.165, 1.54) is 22.5 Å². The first-order valence-corrected chi connectivity index (χ1v) is 8.92. The summed E-state index contributed by atoms with van der Waals surface area (Å²) in [5.41, 5.74) is 5.56. The lowest BCUT2D eigenvalue weighted by Gasteiger charge is -2.34. The summed E-state index contributed by atoms with van der Waals surface area (Å²) in [6.07, 6.45) is 0. The summed E-state index contributed by atoms with van der Waals surface area (Å²) >= 11 is 11.7. The lowest BCUT2D eigenvalue weighted by Crippen LogP contribution is -2.53. The van der Waals surface area contributed by atoms with E-state index in [9.17, 15) is 13.2 Å². The minimum atomic E-state index is -3.65. The van der Waals surface area contributed by atoms with Gasteiger partial charge in [0.2, 0.25) is 15.9 Å². The second-order valence-electron chi connectivity index (χ2n) is 5.09. The van der Waals surface area contributed by atoms with Gasteiger partial charge >= 0.3 is 0 Å². The molecule has 0 spiro atoms. The lowest BCUT2D eigenvalue weighted by molar-refractivity contribution is -0.133. The Labute approximate surface area is 139 Å². The van der Waals surface area contributed by atoms with E-state index >= 15 is 0 Å². The van der Waals surface area contributed by atoms with E-state index in [1.807, 2.05) is 0 Å². The third-order valence-electron chi connectivity index (χ3n) is 3.47. The zero-order chi connectivity index (χ0) is 16.5. The van der Waals surface area contributed by atoms with Crippen molar-refractivity contribution in [2.75, 3.05) is 26.2 Å². The maximum atomic E-state index is 12.6. The van der Waals surface area contributed by atoms with Crippen molar-refractivity contribution in [2.24, 2.45) is 5.73 Å². The van der Waals surface area contributed by atoms with Crippen molar-refractivity contribution in [1.82, 2.24) is 9.21 Å². The highest BCUT2D eigenvalue weighted by molar-refractivity contribution is 7.89. The number of sulfonamides is 1. The molecule has 9 heteroatoms. The Hall–Kier alpha value is -0.860. The number of hydrogen-bond acceptors (Lipinski definition) is 4. The molecule has 1 aliphatic rings. The fourth-order valence-electron chi connectivity index (χ4n) is 2.22. The van der Waals surface area contributed by atoms with Gasteiger partial charge in [0.25, 0.3) is 0 Å². The first-order chi connectivity index (χ1) is 10.2. The van der Waals surface area contributed by atoms with Crippen LogP contribution in [-0.2, 0) is 14.8 Å². The van der Waals surface area contributed by atoms with E-state index in [1.54, 1.807) is 11.8 Å². The van der Waals surface area contributed by atoms with E-state index in [0.29, 0.717) is 18.1 Å². The van der Waals surface area contributed by atoms with Gasteiger partial charge < -0.3 is 10.6 Å². The Morgan fingerprint density at radius 2 is 1.77 bits per heavy atom. The molecule has 0 bridgehead atoms. The molecular weight excluding hydrogens is 349 g/mol. The van der Waals surface area contributed by atoms with E-state index in [-0.39, 0.29) is 28.9 Å². The molecule has 0 unspecified atom stereocenters. The molecule has 1 atom stereocenters. The molecule has 1 heterocycles. The monoisotopic (exact) mass is 365 g/mol. The van der Waals surface area contributed by atoms with Crippen LogP contribution in [0.15, 0.2) is 23.1 Å². The van der Waals surface area contributed by atoms with Gasteiger partial charge in [-0.1, -0.05) is 23.2 Å². The number of carbonyl (C=O) groups excluding carboxylic acids is 1. The summed E-state index contributed by atoms with van der Waals surface area (Å²) < 4.78 is 26.4. The van der Waals surface area contributed by atoms with Gasteiger partial charge in [0.15, 0.2) is 0 Å². The van der Waals surface area contributed by atoms with Crippen molar-refractivity contribution in [1.29, 1.82) is 0 Å². The van der Waals surface area contributed by atoms with Crippen molar-refractivity contribution in [3.63, 3.8) is 0 Å². The average molecular weight is 366 g/mol. The van der Waals surface area contributed by atoms with E-state index in [4.69, 9.17) is 28.9 Å². The second-order valence-corrected chi connectivity index (χ2v) is 7.85. The van der Waals surface area contributed by atoms with Crippen LogP contribution in [0.4, 0.5) is 0 Å². The molecular formula is C13H17Cl2N3O3S. The number of nitrogens with zero attached hydrogens (tertiary/aromatic N) is 2. The van der Waals surface area contributed by atoms with Crippen LogP contribution in [0.5, 0.6) is 0 Å². The fourth-order valence-corrected chi connectivity index (χ4v) is 4.03. The molecule has 122 valence electrons. The first kappa shape index (κ1) is 17.5. The van der Waals surface area contributed by atoms with Crippen LogP contribution in [0, 0.1) is 0 Å². The molecule has 22 heavy (non-hydrogen) atoms. The van der Waals surface area contributed by atoms with Crippen LogP contribution < -0.4 is 5.73 Å². The molecule has 6 nitrogen and oxygen atoms in total. The van der Waals surface area contributed by atoms with E-state index in [2.05, 4.69) is 0 Å². The minimum Gasteiger partial charge on any atom is -0.339 e. The predicted octanol–water partition coefficient (Wildman–Crippen LogP) is 1.17. The van der Waals surface area contributed by atoms with Gasteiger partial charge in [-0.15, -0.1) is 0 Å². The van der Waals surface area contributed by atoms with Crippen molar-refractivity contribution in [3.05, 3.63) is 28.2 Å². The number of benzene rings is 1. The Balaban J connectivity index is 2.12. The molecule has 0 saturated carbocycles. The first-order valence-electron chi connectivity index (χ1n) is 6.73. The van der Waals surface area contributed by atoms with Gasteiger partial charge in [-0.25, -0.2) is 8.42 Å². The molecule has 1 aliphatic heterocycles. The number of carbonyl (C=O) groups is 1. The Kier molecular flexibility index (Phi) is 5.34. The SMILES string of the molecule is C[C@@H](N)C(=O)N1CCN(S(=O)(=O)c2ccc(Cl)c(Cl)c2)CC1. The summed E-state index contributed by atoms with van der Waals surface area (Å²) in [5, 5.41) is 0.487. The maximum Gasteiger partial charge on any atom is 0.243 e. The zero-order valence-corrected chi connectivity index (χ0v) is 14.3. The molecule has 1 amide bonds. The van der Waals surface area contributed by atoms with Crippen LogP contribution >= 0.6 is 23.2 Å². The van der Waals surface area contributed by atoms with Crippen LogP contribution in [0.25, 0.3) is 0 Å². The highest BCUT2D eigenvalue weighted by atomic mass is 35.5. The summed E-state index contributed by atoms with van der Waals surface area (Å²) in [4.78, 5) is 13.5. The second kappa shape index (κ2) is 6.72. The Bertz CT molecular complexity index is 671. The standard InChI is InChI=1S/C13H17Cl2N3O3S/c1-9(16)13(19)17-4-6-18(7-5-17)22(20,21)10-2-3-11(14)12(15)8-10/h2-3,8-9H,4-7,16H2,1H3/t9-/m1/s1. The summed E-state index contributed by atoms with van der Waals surface area (Å²) in [6.45, 7) is 2.70. The molecule has 1 fully saturated rings. The van der Waals surface area contributed by atoms with E-state index in [0.717, 1.165) is 0 Å². The molecule has 1 aromatic rings. The van der Waals surface area contributed by atoms with Gasteiger partial charge in [-0.3, -0.25) is 4.79 Å². The van der Waals surface area contributed by atoms with Gasteiger partial charge in [0.05, 0.1) is 21.0 Å². The van der Waals surface area contributed by atoms with Crippen molar-refractivity contribution in [3.8, 4) is 0 Å². The van der Waals surface area contributed by atoms with E-state index < -0.39 is 16.1 Å². The normalized spacial score (nSPS) is 18.3. The average Bonchev–Trinajstić information content (AvgIpc) is 2.49. The molecule has 2 rings (SSSR count). The zero-order valence-electron chi connectivity index (χ0n) is 12.0. The van der Waals surface area contributed by atoms with Crippen LogP contribution in [0.1, 0.15) is 6.92 Å². The Morgan fingerprint density at radius 1 is 1.18 bits per heavy atom. The number of halogens is 2. The van der Waals surface area contributed by atoms with Gasteiger partial charge in [0.1, 0.15) is 0 Å². The molecule has 1 saturated heterocycles.